The van der Waals surface area contributed by atoms with Crippen LogP contribution in [0, 0.1) is 0 Å². The van der Waals surface area contributed by atoms with Crippen LogP contribution in [0.1, 0.15) is 36.0 Å². The van der Waals surface area contributed by atoms with Gasteiger partial charge in [-0.05, 0) is 38.2 Å². The van der Waals surface area contributed by atoms with Gasteiger partial charge in [0.05, 0.1) is 11.5 Å². The number of hydrazine groups is 1. The van der Waals surface area contributed by atoms with E-state index in [0.29, 0.717) is 6.42 Å². The fraction of sp³-hybridized carbons (Fsp3) is 0.571. The third-order valence-electron chi connectivity index (χ3n) is 3.87. The van der Waals surface area contributed by atoms with Gasteiger partial charge in [0, 0.05) is 18.4 Å². The summed E-state index contributed by atoms with van der Waals surface area (Å²) in [6, 6.07) is 0. The number of aromatic nitrogens is 2. The molecule has 20 heavy (non-hydrogen) atoms. The zero-order chi connectivity index (χ0) is 14.1. The Morgan fingerprint density at radius 1 is 1.35 bits per heavy atom. The van der Waals surface area contributed by atoms with Crippen LogP contribution in [0.25, 0.3) is 10.2 Å². The maximum Gasteiger partial charge on any atom is 0.152 e. The lowest BCUT2D eigenvalue weighted by molar-refractivity contribution is 0.117. The molecule has 0 fully saturated rings. The van der Waals surface area contributed by atoms with E-state index in [1.807, 2.05) is 6.92 Å². The van der Waals surface area contributed by atoms with Crippen molar-refractivity contribution in [3.8, 4) is 0 Å². The Labute approximate surface area is 122 Å². The van der Waals surface area contributed by atoms with Gasteiger partial charge in [0.2, 0.25) is 0 Å². The van der Waals surface area contributed by atoms with Crippen molar-refractivity contribution in [3.05, 3.63) is 16.3 Å². The molecule has 0 aliphatic heterocycles. The minimum atomic E-state index is 0.104. The number of nitrogens with two attached hydrogens (primary N) is 1. The Morgan fingerprint density at radius 3 is 2.90 bits per heavy atom. The van der Waals surface area contributed by atoms with E-state index < -0.39 is 0 Å². The van der Waals surface area contributed by atoms with E-state index in [9.17, 15) is 0 Å². The van der Waals surface area contributed by atoms with Gasteiger partial charge in [0.25, 0.3) is 0 Å². The second-order valence-electron chi connectivity index (χ2n) is 5.27. The Morgan fingerprint density at radius 2 is 2.15 bits per heavy atom. The summed E-state index contributed by atoms with van der Waals surface area (Å²) < 4.78 is 5.29. The van der Waals surface area contributed by atoms with Crippen molar-refractivity contribution >= 4 is 27.4 Å². The zero-order valence-electron chi connectivity index (χ0n) is 11.9. The molecule has 0 saturated heterocycles. The lowest BCUT2D eigenvalue weighted by Crippen LogP contribution is -2.15. The van der Waals surface area contributed by atoms with E-state index in [-0.39, 0.29) is 6.10 Å². The fourth-order valence-corrected chi connectivity index (χ4v) is 4.02. The van der Waals surface area contributed by atoms with Crippen molar-refractivity contribution < 1.29 is 4.74 Å². The van der Waals surface area contributed by atoms with Gasteiger partial charge in [-0.2, -0.15) is 0 Å². The van der Waals surface area contributed by atoms with Gasteiger partial charge in [0.15, 0.2) is 5.82 Å². The van der Waals surface area contributed by atoms with Gasteiger partial charge in [-0.3, -0.25) is 0 Å². The number of hydrogen-bond acceptors (Lipinski definition) is 6. The summed E-state index contributed by atoms with van der Waals surface area (Å²) >= 11 is 1.79. The number of fused-ring (bicyclic) bond motifs is 3. The molecule has 0 amide bonds. The van der Waals surface area contributed by atoms with Gasteiger partial charge in [-0.15, -0.1) is 11.3 Å². The molecule has 1 atom stereocenters. The van der Waals surface area contributed by atoms with Crippen LogP contribution >= 0.6 is 11.3 Å². The molecular weight excluding hydrogens is 272 g/mol. The molecule has 0 radical (unpaired) electrons. The van der Waals surface area contributed by atoms with E-state index >= 15 is 0 Å². The Balaban J connectivity index is 2.09. The van der Waals surface area contributed by atoms with Crippen LogP contribution in [0.5, 0.6) is 0 Å². The minimum absolute atomic E-state index is 0.104. The monoisotopic (exact) mass is 292 g/mol. The number of thiophene rings is 1. The summed E-state index contributed by atoms with van der Waals surface area (Å²) in [4.78, 5) is 11.8. The van der Waals surface area contributed by atoms with Crippen molar-refractivity contribution in [2.45, 2.75) is 45.1 Å². The number of aryl methyl sites for hydroxylation is 2. The van der Waals surface area contributed by atoms with Crippen molar-refractivity contribution in [3.63, 3.8) is 0 Å². The number of hydrogen-bond donors (Lipinski definition) is 2. The summed E-state index contributed by atoms with van der Waals surface area (Å²) in [5.74, 6) is 7.22. The van der Waals surface area contributed by atoms with Gasteiger partial charge in [-0.1, -0.05) is 0 Å². The molecule has 0 saturated carbocycles. The molecule has 1 unspecified atom stereocenters. The normalized spacial score (nSPS) is 16.1. The summed E-state index contributed by atoms with van der Waals surface area (Å²) in [6.45, 7) is 2.02. The number of nitrogen functional groups attached to an aromatic ring is 1. The summed E-state index contributed by atoms with van der Waals surface area (Å²) in [5.41, 5.74) is 4.15. The standard InChI is InChI=1S/C14H20N4OS/c1-8(19-2)7-11-16-13(18-15)12-9-5-3-4-6-10(9)20-14(12)17-11/h8H,3-7,15H2,1-2H3,(H,16,17,18). The Kier molecular flexibility index (Phi) is 3.87. The first-order valence-electron chi connectivity index (χ1n) is 7.03. The van der Waals surface area contributed by atoms with Crippen LogP contribution in [0.4, 0.5) is 5.82 Å². The van der Waals surface area contributed by atoms with Gasteiger partial charge in [0.1, 0.15) is 10.7 Å². The zero-order valence-corrected chi connectivity index (χ0v) is 12.7. The van der Waals surface area contributed by atoms with Crippen LogP contribution in [0.3, 0.4) is 0 Å². The van der Waals surface area contributed by atoms with E-state index in [1.165, 1.54) is 23.3 Å². The average Bonchev–Trinajstić information content (AvgIpc) is 2.84. The topological polar surface area (TPSA) is 73.1 Å². The van der Waals surface area contributed by atoms with Crippen LogP contribution in [0.15, 0.2) is 0 Å². The maximum atomic E-state index is 5.67. The summed E-state index contributed by atoms with van der Waals surface area (Å²) in [7, 11) is 1.70. The maximum absolute atomic E-state index is 5.67. The molecule has 1 aliphatic rings. The predicted octanol–water partition coefficient (Wildman–Crippen LogP) is 2.43. The molecule has 0 bridgehead atoms. The fourth-order valence-electron chi connectivity index (χ4n) is 2.74. The lowest BCUT2D eigenvalue weighted by Gasteiger charge is -2.12. The molecule has 1 aliphatic carbocycles. The third kappa shape index (κ3) is 2.39. The molecule has 2 aromatic rings. The first-order valence-corrected chi connectivity index (χ1v) is 7.85. The predicted molar refractivity (Wildman–Crippen MR) is 82.0 cm³/mol. The van der Waals surface area contributed by atoms with Crippen molar-refractivity contribution in [2.75, 3.05) is 12.5 Å². The number of anilines is 1. The van der Waals surface area contributed by atoms with Gasteiger partial charge >= 0.3 is 0 Å². The molecule has 108 valence electrons. The molecular formula is C14H20N4OS. The highest BCUT2D eigenvalue weighted by atomic mass is 32.1. The van der Waals surface area contributed by atoms with E-state index in [1.54, 1.807) is 18.4 Å². The highest BCUT2D eigenvalue weighted by Crippen LogP contribution is 2.38. The van der Waals surface area contributed by atoms with E-state index in [0.717, 1.165) is 34.7 Å². The second-order valence-corrected chi connectivity index (χ2v) is 6.36. The third-order valence-corrected chi connectivity index (χ3v) is 5.06. The summed E-state index contributed by atoms with van der Waals surface area (Å²) in [6.07, 6.45) is 5.58. The number of nitrogens with one attached hydrogen (secondary N) is 1. The molecule has 6 heteroatoms. The number of ether oxygens (including phenoxy) is 1. The highest BCUT2D eigenvalue weighted by molar-refractivity contribution is 7.19. The molecule has 2 aromatic heterocycles. The van der Waals surface area contributed by atoms with Crippen molar-refractivity contribution in [1.29, 1.82) is 0 Å². The average molecular weight is 292 g/mol. The Bertz CT molecular complexity index is 625. The Hall–Kier alpha value is -1.24. The van der Waals surface area contributed by atoms with Crippen LogP contribution in [-0.4, -0.2) is 23.2 Å². The highest BCUT2D eigenvalue weighted by Gasteiger charge is 2.21. The first kappa shape index (κ1) is 13.7. The smallest absolute Gasteiger partial charge is 0.152 e. The minimum Gasteiger partial charge on any atom is -0.381 e. The quantitative estimate of drug-likeness (QED) is 0.669. The molecule has 5 nitrogen and oxygen atoms in total. The molecule has 0 aromatic carbocycles. The lowest BCUT2D eigenvalue weighted by atomic mass is 9.97. The molecule has 2 heterocycles. The largest absolute Gasteiger partial charge is 0.381 e. The van der Waals surface area contributed by atoms with Crippen LogP contribution in [0.2, 0.25) is 0 Å². The summed E-state index contributed by atoms with van der Waals surface area (Å²) in [5, 5.41) is 1.13. The molecule has 3 rings (SSSR count). The first-order chi connectivity index (χ1) is 9.72. The van der Waals surface area contributed by atoms with Crippen molar-refractivity contribution in [1.82, 2.24) is 9.97 Å². The van der Waals surface area contributed by atoms with Crippen molar-refractivity contribution in [2.24, 2.45) is 5.84 Å². The number of methoxy groups -OCH3 is 1. The molecule has 0 spiro atoms. The molecule has 3 N–H and O–H groups in total. The van der Waals surface area contributed by atoms with E-state index in [2.05, 4.69) is 10.4 Å². The van der Waals surface area contributed by atoms with Gasteiger partial charge < -0.3 is 10.2 Å². The number of rotatable bonds is 4. The second kappa shape index (κ2) is 5.63. The van der Waals surface area contributed by atoms with E-state index in [4.69, 9.17) is 15.6 Å². The number of nitrogens with zero attached hydrogens (tertiary/aromatic N) is 2. The van der Waals surface area contributed by atoms with Crippen LogP contribution < -0.4 is 11.3 Å². The van der Waals surface area contributed by atoms with Gasteiger partial charge in [-0.25, -0.2) is 15.8 Å². The SMILES string of the molecule is COC(C)Cc1nc(NN)c2c3c(sc2n1)CCCC3. The van der Waals surface area contributed by atoms with Crippen LogP contribution in [-0.2, 0) is 24.0 Å².